The van der Waals surface area contributed by atoms with Gasteiger partial charge in [0.25, 0.3) is 5.69 Å². The van der Waals surface area contributed by atoms with Gasteiger partial charge in [-0.2, -0.15) is 0 Å². The van der Waals surface area contributed by atoms with Crippen molar-refractivity contribution in [3.05, 3.63) is 58.9 Å². The summed E-state index contributed by atoms with van der Waals surface area (Å²) in [4.78, 5) is 18.3. The molecule has 0 bridgehead atoms. The lowest BCUT2D eigenvalue weighted by molar-refractivity contribution is -0.384. The molecule has 0 aliphatic heterocycles. The number of anilines is 1. The molecule has 6 nitrogen and oxygen atoms in total. The van der Waals surface area contributed by atoms with Crippen LogP contribution in [0.25, 0.3) is 10.2 Å². The summed E-state index contributed by atoms with van der Waals surface area (Å²) in [6.45, 7) is 2.94. The number of fused-ring (bicyclic) bond motifs is 1. The Hall–Kier alpha value is -2.54. The largest absolute Gasteiger partial charge is 0.361 e. The van der Waals surface area contributed by atoms with Gasteiger partial charge in [0.15, 0.2) is 5.13 Å². The molecule has 0 aliphatic rings. The molecule has 3 rings (SSSR count). The van der Waals surface area contributed by atoms with Crippen LogP contribution in [0, 0.1) is 10.1 Å². The van der Waals surface area contributed by atoms with E-state index in [2.05, 4.69) is 22.2 Å². The van der Waals surface area contributed by atoms with Gasteiger partial charge in [-0.1, -0.05) is 24.3 Å². The lowest BCUT2D eigenvalue weighted by Crippen LogP contribution is -1.98. The Balaban J connectivity index is 0.000000246. The van der Waals surface area contributed by atoms with Crippen molar-refractivity contribution >= 4 is 32.4 Å². The van der Waals surface area contributed by atoms with Crippen molar-refractivity contribution in [1.82, 2.24) is 9.97 Å². The van der Waals surface area contributed by atoms with Gasteiger partial charge in [0.2, 0.25) is 0 Å². The predicted octanol–water partition coefficient (Wildman–Crippen LogP) is 4.11. The minimum atomic E-state index is -0.391. The number of nitrogens with zero attached hydrogens (tertiary/aromatic N) is 3. The Kier molecular flexibility index (Phi) is 5.79. The van der Waals surface area contributed by atoms with Gasteiger partial charge in [-0.05, 0) is 24.6 Å². The van der Waals surface area contributed by atoms with Gasteiger partial charge in [0.1, 0.15) is 0 Å². The number of nitro groups is 1. The minimum absolute atomic E-state index is 0.109. The Labute approximate surface area is 132 Å². The Morgan fingerprint density at radius 3 is 2.59 bits per heavy atom. The van der Waals surface area contributed by atoms with Gasteiger partial charge in [0, 0.05) is 31.1 Å². The fourth-order valence-electron chi connectivity index (χ4n) is 1.65. The van der Waals surface area contributed by atoms with Gasteiger partial charge >= 0.3 is 0 Å². The third-order valence-electron chi connectivity index (χ3n) is 2.68. The third-order valence-corrected chi connectivity index (χ3v) is 3.65. The summed E-state index contributed by atoms with van der Waals surface area (Å²) in [5, 5.41) is 14.6. The summed E-state index contributed by atoms with van der Waals surface area (Å²) >= 11 is 1.44. The molecule has 0 saturated carbocycles. The van der Waals surface area contributed by atoms with E-state index in [0.29, 0.717) is 0 Å². The summed E-state index contributed by atoms with van der Waals surface area (Å²) < 4.78 is 0.841. The molecule has 1 N–H and O–H groups in total. The molecule has 0 radical (unpaired) electrons. The molecule has 0 amide bonds. The van der Waals surface area contributed by atoms with Crippen LogP contribution in [0.1, 0.15) is 13.3 Å². The number of pyridine rings is 1. The smallest absolute Gasteiger partial charge is 0.270 e. The number of hydrogen-bond acceptors (Lipinski definition) is 6. The second kappa shape index (κ2) is 8.04. The molecule has 0 aliphatic carbocycles. The average molecular weight is 316 g/mol. The molecule has 1 aromatic carbocycles. The lowest BCUT2D eigenvalue weighted by atomic mass is 10.3. The first-order valence-corrected chi connectivity index (χ1v) is 7.66. The van der Waals surface area contributed by atoms with E-state index in [1.165, 1.54) is 17.4 Å². The zero-order chi connectivity index (χ0) is 15.8. The van der Waals surface area contributed by atoms with E-state index in [1.54, 1.807) is 24.5 Å². The topological polar surface area (TPSA) is 81.0 Å². The molecular weight excluding hydrogens is 300 g/mol. The fraction of sp³-hybridized carbons (Fsp3) is 0.200. The van der Waals surface area contributed by atoms with Crippen LogP contribution in [-0.2, 0) is 0 Å². The van der Waals surface area contributed by atoms with Gasteiger partial charge in [-0.3, -0.25) is 15.1 Å². The van der Waals surface area contributed by atoms with E-state index >= 15 is 0 Å². The van der Waals surface area contributed by atoms with Gasteiger partial charge in [0.05, 0.1) is 15.1 Å². The maximum absolute atomic E-state index is 10.6. The van der Waals surface area contributed by atoms with E-state index in [1.807, 2.05) is 18.2 Å². The molecule has 2 heterocycles. The van der Waals surface area contributed by atoms with Crippen molar-refractivity contribution in [2.75, 3.05) is 11.9 Å². The third kappa shape index (κ3) is 4.49. The molecule has 22 heavy (non-hydrogen) atoms. The van der Waals surface area contributed by atoms with Gasteiger partial charge in [-0.15, -0.1) is 0 Å². The number of rotatable bonds is 4. The fourth-order valence-corrected chi connectivity index (χ4v) is 2.57. The number of nitrogens with one attached hydrogen (secondary N) is 1. The molecule has 0 atom stereocenters. The van der Waals surface area contributed by atoms with Gasteiger partial charge in [-0.25, -0.2) is 4.98 Å². The molecule has 0 saturated heterocycles. The number of non-ortho nitro benzene ring substituents is 1. The quantitative estimate of drug-likeness (QED) is 0.578. The monoisotopic (exact) mass is 316 g/mol. The zero-order valence-electron chi connectivity index (χ0n) is 12.1. The van der Waals surface area contributed by atoms with Crippen LogP contribution in [0.4, 0.5) is 10.8 Å². The predicted molar refractivity (Wildman–Crippen MR) is 89.3 cm³/mol. The van der Waals surface area contributed by atoms with Crippen LogP contribution < -0.4 is 5.32 Å². The molecule has 0 unspecified atom stereocenters. The van der Waals surface area contributed by atoms with Crippen LogP contribution in [-0.4, -0.2) is 21.4 Å². The number of hydrogen-bond donors (Lipinski definition) is 1. The van der Waals surface area contributed by atoms with Crippen molar-refractivity contribution in [2.45, 2.75) is 13.3 Å². The van der Waals surface area contributed by atoms with Crippen molar-refractivity contribution < 1.29 is 4.92 Å². The summed E-state index contributed by atoms with van der Waals surface area (Å²) in [5.74, 6) is 0. The maximum atomic E-state index is 10.6. The Bertz CT molecular complexity index is 704. The van der Waals surface area contributed by atoms with Crippen LogP contribution >= 0.6 is 11.3 Å². The van der Waals surface area contributed by atoms with Crippen LogP contribution in [0.5, 0.6) is 0 Å². The highest BCUT2D eigenvalue weighted by Crippen LogP contribution is 2.28. The first kappa shape index (κ1) is 15.8. The van der Waals surface area contributed by atoms with E-state index in [-0.39, 0.29) is 5.69 Å². The van der Waals surface area contributed by atoms with Crippen molar-refractivity contribution in [1.29, 1.82) is 0 Å². The van der Waals surface area contributed by atoms with Crippen LogP contribution in [0.2, 0.25) is 0 Å². The molecule has 3 aromatic rings. The highest BCUT2D eigenvalue weighted by Gasteiger charge is 2.09. The molecule has 114 valence electrons. The first-order valence-electron chi connectivity index (χ1n) is 6.84. The lowest BCUT2D eigenvalue weighted by Gasteiger charge is -1.95. The molecule has 2 aromatic heterocycles. The standard InChI is InChI=1S/C10H11N3O2S.C5H5N/c1-2-5-11-10-12-8-4-3-7(13(14)15)6-9(8)16-10;1-2-4-6-5-3-1/h3-4,6H,2,5H2,1H3,(H,11,12);1-5H. The highest BCUT2D eigenvalue weighted by atomic mass is 32.1. The Morgan fingerprint density at radius 2 is 2.05 bits per heavy atom. The van der Waals surface area contributed by atoms with Crippen molar-refractivity contribution in [2.24, 2.45) is 0 Å². The Morgan fingerprint density at radius 1 is 1.27 bits per heavy atom. The zero-order valence-corrected chi connectivity index (χ0v) is 12.9. The van der Waals surface area contributed by atoms with E-state index in [9.17, 15) is 10.1 Å². The summed E-state index contributed by atoms with van der Waals surface area (Å²) in [6.07, 6.45) is 4.52. The van der Waals surface area contributed by atoms with Crippen molar-refractivity contribution in [3.8, 4) is 0 Å². The summed E-state index contributed by atoms with van der Waals surface area (Å²) in [5.41, 5.74) is 0.910. The molecular formula is C15H16N4O2S. The van der Waals surface area contributed by atoms with E-state index < -0.39 is 4.92 Å². The normalized spacial score (nSPS) is 9.86. The van der Waals surface area contributed by atoms with E-state index in [4.69, 9.17) is 0 Å². The number of benzene rings is 1. The van der Waals surface area contributed by atoms with Crippen LogP contribution in [0.3, 0.4) is 0 Å². The van der Waals surface area contributed by atoms with Gasteiger partial charge < -0.3 is 5.32 Å². The van der Waals surface area contributed by atoms with Crippen LogP contribution in [0.15, 0.2) is 48.8 Å². The molecule has 0 spiro atoms. The number of aromatic nitrogens is 2. The average Bonchev–Trinajstić information content (AvgIpc) is 2.97. The second-order valence-corrected chi connectivity index (χ2v) is 5.41. The van der Waals surface area contributed by atoms with E-state index in [0.717, 1.165) is 28.3 Å². The molecule has 7 heteroatoms. The summed E-state index contributed by atoms with van der Waals surface area (Å²) in [6, 6.07) is 10.4. The number of nitro benzene ring substituents is 1. The second-order valence-electron chi connectivity index (χ2n) is 4.38. The first-order chi connectivity index (χ1) is 10.7. The number of thiazole rings is 1. The highest BCUT2D eigenvalue weighted by molar-refractivity contribution is 7.22. The summed E-state index contributed by atoms with van der Waals surface area (Å²) in [7, 11) is 0. The SMILES string of the molecule is CCCNc1nc2ccc([N+](=O)[O-])cc2s1.c1ccncc1. The molecule has 0 fully saturated rings. The maximum Gasteiger partial charge on any atom is 0.270 e. The minimum Gasteiger partial charge on any atom is -0.361 e. The van der Waals surface area contributed by atoms with Crippen molar-refractivity contribution in [3.63, 3.8) is 0 Å².